The van der Waals surface area contributed by atoms with Crippen molar-refractivity contribution in [1.82, 2.24) is 10.3 Å². The molecule has 5 nitrogen and oxygen atoms in total. The van der Waals surface area contributed by atoms with Crippen molar-refractivity contribution in [1.29, 1.82) is 0 Å². The molecule has 1 aromatic carbocycles. The normalized spacial score (nSPS) is 15.5. The summed E-state index contributed by atoms with van der Waals surface area (Å²) in [5.41, 5.74) is 0.169. The monoisotopic (exact) mass is 414 g/mol. The molecule has 0 radical (unpaired) electrons. The van der Waals surface area contributed by atoms with Gasteiger partial charge in [-0.2, -0.15) is 13.2 Å². The lowest BCUT2D eigenvalue weighted by Gasteiger charge is -2.05. The third-order valence-corrected chi connectivity index (χ3v) is 4.70. The van der Waals surface area contributed by atoms with Gasteiger partial charge in [0.1, 0.15) is 5.76 Å². The average molecular weight is 414 g/mol. The Morgan fingerprint density at radius 3 is 2.69 bits per heavy atom. The smallest absolute Gasteiger partial charge is 0.416 e. The highest BCUT2D eigenvalue weighted by Gasteiger charge is 2.30. The third kappa shape index (κ3) is 4.02. The van der Waals surface area contributed by atoms with Crippen LogP contribution in [0.15, 0.2) is 52.0 Å². The van der Waals surface area contributed by atoms with Crippen LogP contribution in [0.5, 0.6) is 0 Å². The Morgan fingerprint density at radius 2 is 1.97 bits per heavy atom. The second kappa shape index (κ2) is 7.14. The molecule has 144 valence electrons. The highest BCUT2D eigenvalue weighted by Crippen LogP contribution is 2.30. The number of furan rings is 1. The summed E-state index contributed by atoms with van der Waals surface area (Å²) in [5.74, 6) is 5.27. The first-order chi connectivity index (χ1) is 13.8. The van der Waals surface area contributed by atoms with Gasteiger partial charge < -0.3 is 4.42 Å². The Hall–Kier alpha value is -3.51. The molecule has 3 aromatic rings. The van der Waals surface area contributed by atoms with Crippen molar-refractivity contribution in [2.24, 2.45) is 0 Å². The standard InChI is InChI=1S/C20H9F3N2O3S/c21-20(22,23)14-3-1-2-11(6-14)4-5-12-9-24-10-13-7-15(28-17(12)13)8-16-18(26)25-19(27)29-16/h1-3,6-10H,(H,25,26,27)/b16-8+. The SMILES string of the molecule is O=C1NC(=O)/C(=C\c2cc3cncc(C#Cc4cccc(C(F)(F)F)c4)c3o2)S1. The molecule has 29 heavy (non-hydrogen) atoms. The largest absolute Gasteiger partial charge is 0.455 e. The number of alkyl halides is 3. The Labute approximate surface area is 166 Å². The topological polar surface area (TPSA) is 72.2 Å². The lowest BCUT2D eigenvalue weighted by atomic mass is 10.1. The molecule has 0 saturated carbocycles. The highest BCUT2D eigenvalue weighted by atomic mass is 32.2. The number of carbonyl (C=O) groups excluding carboxylic acids is 2. The molecule has 0 unspecified atom stereocenters. The molecule has 1 saturated heterocycles. The zero-order chi connectivity index (χ0) is 20.6. The minimum absolute atomic E-state index is 0.193. The number of imide groups is 1. The molecule has 1 aliphatic heterocycles. The molecule has 2 aromatic heterocycles. The van der Waals surface area contributed by atoms with Gasteiger partial charge in [0.25, 0.3) is 11.1 Å². The predicted octanol–water partition coefficient (Wildman–Crippen LogP) is 4.57. The molecule has 4 rings (SSSR count). The Bertz CT molecular complexity index is 1250. The molecule has 0 aliphatic carbocycles. The molecule has 0 bridgehead atoms. The van der Waals surface area contributed by atoms with Crippen LogP contribution >= 0.6 is 11.8 Å². The van der Waals surface area contributed by atoms with Crippen LogP contribution in [0.1, 0.15) is 22.5 Å². The molecule has 1 N–H and O–H groups in total. The van der Waals surface area contributed by atoms with E-state index in [9.17, 15) is 22.8 Å². The van der Waals surface area contributed by atoms with Crippen molar-refractivity contribution >= 4 is 40.0 Å². The first kappa shape index (κ1) is 18.8. The van der Waals surface area contributed by atoms with Gasteiger partial charge in [0, 0.05) is 29.4 Å². The number of amides is 2. The van der Waals surface area contributed by atoms with E-state index < -0.39 is 22.9 Å². The molecule has 2 amide bonds. The van der Waals surface area contributed by atoms with Gasteiger partial charge in [-0.25, -0.2) is 0 Å². The summed E-state index contributed by atoms with van der Waals surface area (Å²) in [6.07, 6.45) is -0.0588. The molecule has 1 aliphatic rings. The molecular weight excluding hydrogens is 405 g/mol. The van der Waals surface area contributed by atoms with Gasteiger partial charge in [0.05, 0.1) is 16.0 Å². The number of rotatable bonds is 1. The second-order valence-electron chi connectivity index (χ2n) is 5.93. The van der Waals surface area contributed by atoms with E-state index in [2.05, 4.69) is 22.1 Å². The van der Waals surface area contributed by atoms with E-state index in [1.807, 2.05) is 0 Å². The zero-order valence-corrected chi connectivity index (χ0v) is 15.1. The first-order valence-electron chi connectivity index (χ1n) is 8.11. The van der Waals surface area contributed by atoms with Crippen molar-refractivity contribution in [3.63, 3.8) is 0 Å². The number of nitrogens with one attached hydrogen (secondary N) is 1. The van der Waals surface area contributed by atoms with Gasteiger partial charge in [-0.3, -0.25) is 19.9 Å². The number of aromatic nitrogens is 1. The van der Waals surface area contributed by atoms with Gasteiger partial charge in [0.15, 0.2) is 5.58 Å². The number of hydrogen-bond acceptors (Lipinski definition) is 5. The number of benzene rings is 1. The van der Waals surface area contributed by atoms with Gasteiger partial charge in [-0.15, -0.1) is 0 Å². The maximum atomic E-state index is 12.8. The Balaban J connectivity index is 1.69. The lowest BCUT2D eigenvalue weighted by molar-refractivity contribution is -0.137. The van der Waals surface area contributed by atoms with Gasteiger partial charge in [-0.1, -0.05) is 17.9 Å². The quantitative estimate of drug-likeness (QED) is 0.467. The molecule has 9 heteroatoms. The third-order valence-electron chi connectivity index (χ3n) is 3.89. The van der Waals surface area contributed by atoms with Crippen LogP contribution in [-0.2, 0) is 11.0 Å². The van der Waals surface area contributed by atoms with E-state index in [0.29, 0.717) is 22.3 Å². The summed E-state index contributed by atoms with van der Waals surface area (Å²) in [4.78, 5) is 27.1. The summed E-state index contributed by atoms with van der Waals surface area (Å²) < 4.78 is 44.2. The van der Waals surface area contributed by atoms with Crippen molar-refractivity contribution < 1.29 is 27.2 Å². The number of fused-ring (bicyclic) bond motifs is 1. The number of nitrogens with zero attached hydrogens (tertiary/aromatic N) is 1. The number of carbonyl (C=O) groups is 2. The number of thioether (sulfide) groups is 1. The van der Waals surface area contributed by atoms with E-state index in [4.69, 9.17) is 4.42 Å². The highest BCUT2D eigenvalue weighted by molar-refractivity contribution is 8.18. The van der Waals surface area contributed by atoms with Gasteiger partial charge in [0.2, 0.25) is 0 Å². The van der Waals surface area contributed by atoms with Crippen LogP contribution in [0.4, 0.5) is 18.0 Å². The maximum absolute atomic E-state index is 12.8. The fourth-order valence-corrected chi connectivity index (χ4v) is 3.27. The van der Waals surface area contributed by atoms with Crippen molar-refractivity contribution in [2.45, 2.75) is 6.18 Å². The van der Waals surface area contributed by atoms with Gasteiger partial charge in [-0.05, 0) is 36.0 Å². The number of halogens is 3. The van der Waals surface area contributed by atoms with Crippen molar-refractivity contribution in [3.8, 4) is 11.8 Å². The van der Waals surface area contributed by atoms with E-state index >= 15 is 0 Å². The van der Waals surface area contributed by atoms with Crippen LogP contribution in [0, 0.1) is 11.8 Å². The second-order valence-corrected chi connectivity index (χ2v) is 6.95. The first-order valence-corrected chi connectivity index (χ1v) is 8.93. The fraction of sp³-hybridized carbons (Fsp3) is 0.0500. The van der Waals surface area contributed by atoms with E-state index in [1.54, 1.807) is 6.07 Å². The van der Waals surface area contributed by atoms with E-state index in [0.717, 1.165) is 23.9 Å². The molecule has 0 atom stereocenters. The molecule has 0 spiro atoms. The minimum atomic E-state index is -4.45. The van der Waals surface area contributed by atoms with Crippen LogP contribution in [0.25, 0.3) is 17.0 Å². The maximum Gasteiger partial charge on any atom is 0.416 e. The molecular formula is C20H9F3N2O3S. The predicted molar refractivity (Wildman–Crippen MR) is 101 cm³/mol. The van der Waals surface area contributed by atoms with Crippen LogP contribution in [-0.4, -0.2) is 16.1 Å². The fourth-order valence-electron chi connectivity index (χ4n) is 2.61. The summed E-state index contributed by atoms with van der Waals surface area (Å²) >= 11 is 0.759. The minimum Gasteiger partial charge on any atom is -0.455 e. The summed E-state index contributed by atoms with van der Waals surface area (Å²) in [6.45, 7) is 0. The van der Waals surface area contributed by atoms with Crippen LogP contribution in [0.2, 0.25) is 0 Å². The van der Waals surface area contributed by atoms with Gasteiger partial charge >= 0.3 is 6.18 Å². The lowest BCUT2D eigenvalue weighted by Crippen LogP contribution is -2.17. The summed E-state index contributed by atoms with van der Waals surface area (Å²) in [5, 5.41) is 2.28. The summed E-state index contributed by atoms with van der Waals surface area (Å²) in [6, 6.07) is 6.32. The van der Waals surface area contributed by atoms with E-state index in [1.165, 1.54) is 30.6 Å². The zero-order valence-electron chi connectivity index (χ0n) is 14.3. The number of hydrogen-bond donors (Lipinski definition) is 1. The van der Waals surface area contributed by atoms with Crippen LogP contribution < -0.4 is 5.32 Å². The summed E-state index contributed by atoms with van der Waals surface area (Å²) in [7, 11) is 0. The molecule has 1 fully saturated rings. The van der Waals surface area contributed by atoms with Crippen molar-refractivity contribution in [2.75, 3.05) is 0 Å². The average Bonchev–Trinajstić information content (AvgIpc) is 3.22. The van der Waals surface area contributed by atoms with E-state index in [-0.39, 0.29) is 10.5 Å². The Kier molecular flexibility index (Phi) is 4.64. The number of pyridine rings is 1. The Morgan fingerprint density at radius 1 is 1.14 bits per heavy atom. The van der Waals surface area contributed by atoms with Crippen molar-refractivity contribution in [3.05, 3.63) is 70.1 Å². The molecule has 3 heterocycles. The van der Waals surface area contributed by atoms with Crippen LogP contribution in [0.3, 0.4) is 0 Å².